The quantitative estimate of drug-likeness (QED) is 0.855. The zero-order valence-electron chi connectivity index (χ0n) is 8.74. The van der Waals surface area contributed by atoms with Crippen LogP contribution in [0.25, 0.3) is 0 Å². The Labute approximate surface area is 97.1 Å². The minimum atomic E-state index is -0.466. The smallest absolute Gasteiger partial charge is 0.124 e. The van der Waals surface area contributed by atoms with Gasteiger partial charge in [0, 0.05) is 5.69 Å². The monoisotopic (exact) mass is 230 g/mol. The second kappa shape index (κ2) is 4.62. The van der Waals surface area contributed by atoms with E-state index in [0.29, 0.717) is 11.4 Å². The summed E-state index contributed by atoms with van der Waals surface area (Å²) in [5.74, 6) is -0.804. The Hall–Kier alpha value is -2.41. The normalized spacial score (nSPS) is 9.71. The van der Waals surface area contributed by atoms with E-state index in [9.17, 15) is 8.78 Å². The molecule has 2 aromatic rings. The fraction of sp³-hybridized carbons (Fsp3) is 0. The minimum Gasteiger partial charge on any atom is -0.354 e. The average molecular weight is 230 g/mol. The highest BCUT2D eigenvalue weighted by Gasteiger charge is 2.03. The van der Waals surface area contributed by atoms with Crippen LogP contribution in [0.2, 0.25) is 0 Å². The Morgan fingerprint density at radius 2 is 1.59 bits per heavy atom. The van der Waals surface area contributed by atoms with Crippen LogP contribution in [0.5, 0.6) is 0 Å². The maximum Gasteiger partial charge on any atom is 0.124 e. The van der Waals surface area contributed by atoms with E-state index in [1.165, 1.54) is 24.3 Å². The van der Waals surface area contributed by atoms with Gasteiger partial charge in [0.2, 0.25) is 0 Å². The Morgan fingerprint density at radius 3 is 2.24 bits per heavy atom. The molecule has 0 heterocycles. The van der Waals surface area contributed by atoms with Crippen molar-refractivity contribution in [3.63, 3.8) is 0 Å². The number of nitrogens with zero attached hydrogens (tertiary/aromatic N) is 1. The van der Waals surface area contributed by atoms with Crippen LogP contribution in [0.3, 0.4) is 0 Å². The molecule has 0 unspecified atom stereocenters. The van der Waals surface area contributed by atoms with E-state index in [4.69, 9.17) is 5.26 Å². The largest absolute Gasteiger partial charge is 0.354 e. The van der Waals surface area contributed by atoms with Crippen molar-refractivity contribution in [1.82, 2.24) is 0 Å². The van der Waals surface area contributed by atoms with Gasteiger partial charge in [0.25, 0.3) is 0 Å². The van der Waals surface area contributed by atoms with E-state index >= 15 is 0 Å². The van der Waals surface area contributed by atoms with E-state index in [1.807, 2.05) is 6.07 Å². The van der Waals surface area contributed by atoms with Crippen molar-refractivity contribution in [2.45, 2.75) is 0 Å². The van der Waals surface area contributed by atoms with Crippen LogP contribution < -0.4 is 5.32 Å². The van der Waals surface area contributed by atoms with Gasteiger partial charge in [0.1, 0.15) is 17.7 Å². The summed E-state index contributed by atoms with van der Waals surface area (Å²) in [7, 11) is 0. The lowest BCUT2D eigenvalue weighted by atomic mass is 10.2. The van der Waals surface area contributed by atoms with Crippen LogP contribution in [0, 0.1) is 23.0 Å². The number of nitriles is 1. The molecule has 0 aliphatic carbocycles. The molecular formula is C13H8F2N2. The number of rotatable bonds is 2. The molecule has 0 aliphatic rings. The molecule has 0 saturated carbocycles. The Morgan fingerprint density at radius 1 is 0.941 bits per heavy atom. The molecule has 0 bridgehead atoms. The zero-order chi connectivity index (χ0) is 12.3. The predicted molar refractivity (Wildman–Crippen MR) is 60.8 cm³/mol. The minimum absolute atomic E-state index is 0.203. The van der Waals surface area contributed by atoms with Gasteiger partial charge in [-0.15, -0.1) is 0 Å². The van der Waals surface area contributed by atoms with Gasteiger partial charge in [0.15, 0.2) is 0 Å². The molecule has 4 heteroatoms. The standard InChI is InChI=1S/C13H8F2N2/c14-10-1-4-12(5-2-10)17-13-6-3-11(15)7-9(13)8-16/h1-7,17H. The van der Waals surface area contributed by atoms with Crippen LogP contribution >= 0.6 is 0 Å². The van der Waals surface area contributed by atoms with E-state index in [1.54, 1.807) is 12.1 Å². The highest BCUT2D eigenvalue weighted by molar-refractivity contribution is 5.66. The molecule has 17 heavy (non-hydrogen) atoms. The first-order valence-corrected chi connectivity index (χ1v) is 4.91. The second-order valence-electron chi connectivity index (χ2n) is 3.43. The third kappa shape index (κ3) is 2.58. The van der Waals surface area contributed by atoms with Crippen molar-refractivity contribution < 1.29 is 8.78 Å². The molecule has 2 nitrogen and oxygen atoms in total. The fourth-order valence-electron chi connectivity index (χ4n) is 1.41. The summed E-state index contributed by atoms with van der Waals surface area (Å²) >= 11 is 0. The van der Waals surface area contributed by atoms with Crippen LogP contribution in [-0.4, -0.2) is 0 Å². The van der Waals surface area contributed by atoms with Gasteiger partial charge < -0.3 is 5.32 Å². The summed E-state index contributed by atoms with van der Waals surface area (Å²) in [6.45, 7) is 0. The van der Waals surface area contributed by atoms with Crippen LogP contribution in [0.1, 0.15) is 5.56 Å². The van der Waals surface area contributed by atoms with Crippen molar-refractivity contribution >= 4 is 11.4 Å². The summed E-state index contributed by atoms with van der Waals surface area (Å²) < 4.78 is 25.6. The highest BCUT2D eigenvalue weighted by atomic mass is 19.1. The van der Waals surface area contributed by atoms with Crippen molar-refractivity contribution in [3.8, 4) is 6.07 Å². The van der Waals surface area contributed by atoms with E-state index in [2.05, 4.69) is 5.32 Å². The number of hydrogen-bond donors (Lipinski definition) is 1. The number of hydrogen-bond acceptors (Lipinski definition) is 2. The molecule has 1 N–H and O–H groups in total. The molecule has 0 amide bonds. The molecule has 0 aromatic heterocycles. The van der Waals surface area contributed by atoms with E-state index < -0.39 is 5.82 Å². The van der Waals surface area contributed by atoms with Crippen molar-refractivity contribution in [2.24, 2.45) is 0 Å². The third-order valence-corrected chi connectivity index (χ3v) is 2.23. The summed E-state index contributed by atoms with van der Waals surface area (Å²) in [5, 5.41) is 11.8. The maximum absolute atomic E-state index is 12.9. The fourth-order valence-corrected chi connectivity index (χ4v) is 1.41. The van der Waals surface area contributed by atoms with Gasteiger partial charge in [-0.25, -0.2) is 8.78 Å². The first-order chi connectivity index (χ1) is 8.19. The molecule has 84 valence electrons. The van der Waals surface area contributed by atoms with Crippen LogP contribution in [0.15, 0.2) is 42.5 Å². The molecule has 2 rings (SSSR count). The van der Waals surface area contributed by atoms with Gasteiger partial charge >= 0.3 is 0 Å². The highest BCUT2D eigenvalue weighted by Crippen LogP contribution is 2.21. The molecule has 0 radical (unpaired) electrons. The number of halogens is 2. The lowest BCUT2D eigenvalue weighted by molar-refractivity contribution is 0.627. The topological polar surface area (TPSA) is 35.8 Å². The van der Waals surface area contributed by atoms with E-state index in [-0.39, 0.29) is 11.4 Å². The molecule has 2 aromatic carbocycles. The third-order valence-electron chi connectivity index (χ3n) is 2.23. The van der Waals surface area contributed by atoms with Crippen molar-refractivity contribution in [1.29, 1.82) is 5.26 Å². The van der Waals surface area contributed by atoms with Crippen molar-refractivity contribution in [2.75, 3.05) is 5.32 Å². The van der Waals surface area contributed by atoms with Gasteiger partial charge in [-0.3, -0.25) is 0 Å². The number of benzene rings is 2. The summed E-state index contributed by atoms with van der Waals surface area (Å²) in [5.41, 5.74) is 1.32. The lowest BCUT2D eigenvalue weighted by Crippen LogP contribution is -1.94. The SMILES string of the molecule is N#Cc1cc(F)ccc1Nc1ccc(F)cc1. The van der Waals surface area contributed by atoms with Crippen LogP contribution in [-0.2, 0) is 0 Å². The maximum atomic E-state index is 12.9. The van der Waals surface area contributed by atoms with Gasteiger partial charge in [-0.05, 0) is 42.5 Å². The first-order valence-electron chi connectivity index (χ1n) is 4.91. The molecule has 0 atom stereocenters. The van der Waals surface area contributed by atoms with Crippen LogP contribution in [0.4, 0.5) is 20.2 Å². The summed E-state index contributed by atoms with van der Waals surface area (Å²) in [4.78, 5) is 0. The molecule has 0 spiro atoms. The Kier molecular flexibility index (Phi) is 3.01. The lowest BCUT2D eigenvalue weighted by Gasteiger charge is -2.07. The number of anilines is 2. The summed E-state index contributed by atoms with van der Waals surface area (Å²) in [6.07, 6.45) is 0. The second-order valence-corrected chi connectivity index (χ2v) is 3.43. The first kappa shape index (κ1) is 11.1. The number of nitrogens with one attached hydrogen (secondary N) is 1. The van der Waals surface area contributed by atoms with E-state index in [0.717, 1.165) is 6.07 Å². The van der Waals surface area contributed by atoms with Crippen molar-refractivity contribution in [3.05, 3.63) is 59.7 Å². The van der Waals surface area contributed by atoms with Gasteiger partial charge in [0.05, 0.1) is 11.3 Å². The molecule has 0 saturated heterocycles. The van der Waals surface area contributed by atoms with Gasteiger partial charge in [-0.2, -0.15) is 5.26 Å². The Bertz CT molecular complexity index is 571. The Balaban J connectivity index is 2.30. The molecule has 0 aliphatic heterocycles. The zero-order valence-corrected chi connectivity index (χ0v) is 8.74. The summed E-state index contributed by atoms with van der Waals surface area (Å²) in [6, 6.07) is 11.5. The predicted octanol–water partition coefficient (Wildman–Crippen LogP) is 3.58. The average Bonchev–Trinajstić information content (AvgIpc) is 2.34. The molecule has 0 fully saturated rings. The molecular weight excluding hydrogens is 222 g/mol. The van der Waals surface area contributed by atoms with Gasteiger partial charge in [-0.1, -0.05) is 0 Å².